The minimum atomic E-state index is -4.34. The van der Waals surface area contributed by atoms with Gasteiger partial charge in [0.2, 0.25) is 11.8 Å². The quantitative estimate of drug-likeness (QED) is 0.294. The van der Waals surface area contributed by atoms with Crippen molar-refractivity contribution in [1.82, 2.24) is 10.2 Å². The number of benzene rings is 3. The average Bonchev–Trinajstić information content (AvgIpc) is 3.00. The van der Waals surface area contributed by atoms with E-state index in [1.165, 1.54) is 59.5 Å². The number of amides is 2. The van der Waals surface area contributed by atoms with E-state index in [0.717, 1.165) is 48.5 Å². The Morgan fingerprint density at radius 2 is 1.60 bits per heavy atom. The maximum absolute atomic E-state index is 14.7. The molecule has 1 atom stereocenters. The number of nitrogens with one attached hydrogen (secondary N) is 1. The molecule has 11 heteroatoms. The van der Waals surface area contributed by atoms with Gasteiger partial charge >= 0.3 is 0 Å². The van der Waals surface area contributed by atoms with Crippen molar-refractivity contribution in [3.8, 4) is 5.75 Å². The van der Waals surface area contributed by atoms with E-state index in [1.807, 2.05) is 0 Å². The second kappa shape index (κ2) is 14.5. The highest BCUT2D eigenvalue weighted by atomic mass is 32.2. The number of carbonyl (C=O) groups is 2. The molecule has 4 rings (SSSR count). The number of carbonyl (C=O) groups excluding carboxylic acids is 2. The summed E-state index contributed by atoms with van der Waals surface area (Å²) < 4.78 is 62.6. The molecule has 0 heterocycles. The summed E-state index contributed by atoms with van der Waals surface area (Å²) in [7, 11) is -4.34. The Hall–Kier alpha value is -3.99. The second-order valence-corrected chi connectivity index (χ2v) is 12.4. The summed E-state index contributed by atoms with van der Waals surface area (Å²) in [6.45, 7) is 2.77. The number of hydrogen-bond acceptors (Lipinski definition) is 5. The summed E-state index contributed by atoms with van der Waals surface area (Å²) in [4.78, 5) is 28.4. The number of hydrogen-bond donors (Lipinski definition) is 1. The van der Waals surface area contributed by atoms with Crippen molar-refractivity contribution in [1.29, 1.82) is 0 Å². The second-order valence-electron chi connectivity index (χ2n) is 10.5. The van der Waals surface area contributed by atoms with Crippen LogP contribution >= 0.6 is 0 Å². The predicted octanol–water partition coefficient (Wildman–Crippen LogP) is 5.43. The van der Waals surface area contributed by atoms with Crippen molar-refractivity contribution in [3.63, 3.8) is 0 Å². The average molecular weight is 614 g/mol. The van der Waals surface area contributed by atoms with Crippen molar-refractivity contribution in [3.05, 3.63) is 90.0 Å². The lowest BCUT2D eigenvalue weighted by Gasteiger charge is -2.33. The first-order chi connectivity index (χ1) is 20.6. The fourth-order valence-corrected chi connectivity index (χ4v) is 6.51. The van der Waals surface area contributed by atoms with Crippen molar-refractivity contribution in [2.75, 3.05) is 17.5 Å². The zero-order valence-corrected chi connectivity index (χ0v) is 25.2. The molecule has 1 saturated carbocycles. The van der Waals surface area contributed by atoms with Crippen LogP contribution in [0.5, 0.6) is 5.75 Å². The Kier molecular flexibility index (Phi) is 10.7. The zero-order chi connectivity index (χ0) is 31.0. The van der Waals surface area contributed by atoms with Crippen molar-refractivity contribution in [2.24, 2.45) is 0 Å². The van der Waals surface area contributed by atoms with Gasteiger partial charge in [0.25, 0.3) is 10.0 Å². The van der Waals surface area contributed by atoms with Gasteiger partial charge in [-0.15, -0.1) is 0 Å². The molecule has 0 aliphatic heterocycles. The van der Waals surface area contributed by atoms with Gasteiger partial charge in [-0.3, -0.25) is 13.9 Å². The van der Waals surface area contributed by atoms with Crippen molar-refractivity contribution < 1.29 is 31.5 Å². The van der Waals surface area contributed by atoms with Gasteiger partial charge < -0.3 is 15.0 Å². The highest BCUT2D eigenvalue weighted by Crippen LogP contribution is 2.27. The molecule has 0 radical (unpaired) electrons. The number of ether oxygens (including phenoxy) is 1. The molecule has 0 bridgehead atoms. The molecule has 2 amide bonds. The van der Waals surface area contributed by atoms with Crippen LogP contribution in [0, 0.1) is 11.6 Å². The van der Waals surface area contributed by atoms with Crippen LogP contribution in [-0.4, -0.2) is 50.4 Å². The summed E-state index contributed by atoms with van der Waals surface area (Å²) in [5, 5.41) is 3.01. The normalized spacial score (nSPS) is 14.5. The number of nitrogens with zero attached hydrogens (tertiary/aromatic N) is 2. The monoisotopic (exact) mass is 613 g/mol. The molecular formula is C32H37F2N3O5S. The third-order valence-corrected chi connectivity index (χ3v) is 9.32. The van der Waals surface area contributed by atoms with E-state index >= 15 is 0 Å². The van der Waals surface area contributed by atoms with E-state index in [2.05, 4.69) is 5.32 Å². The molecule has 43 heavy (non-hydrogen) atoms. The molecule has 0 spiro atoms. The van der Waals surface area contributed by atoms with Gasteiger partial charge in [0.05, 0.1) is 17.2 Å². The number of halogens is 2. The third-order valence-electron chi connectivity index (χ3n) is 7.53. The van der Waals surface area contributed by atoms with Crippen molar-refractivity contribution >= 4 is 27.5 Å². The van der Waals surface area contributed by atoms with Crippen molar-refractivity contribution in [2.45, 2.75) is 69.5 Å². The molecule has 230 valence electrons. The third kappa shape index (κ3) is 8.10. The zero-order valence-electron chi connectivity index (χ0n) is 24.3. The van der Waals surface area contributed by atoms with Gasteiger partial charge in [0.15, 0.2) is 0 Å². The summed E-state index contributed by atoms with van der Waals surface area (Å²) in [6.07, 6.45) is 4.75. The minimum absolute atomic E-state index is 0.0233. The Morgan fingerprint density at radius 1 is 0.953 bits per heavy atom. The first-order valence-corrected chi connectivity index (χ1v) is 15.9. The van der Waals surface area contributed by atoms with Gasteiger partial charge in [0, 0.05) is 18.2 Å². The Balaban J connectivity index is 1.67. The lowest BCUT2D eigenvalue weighted by molar-refractivity contribution is -0.139. The van der Waals surface area contributed by atoms with E-state index in [9.17, 15) is 26.8 Å². The summed E-state index contributed by atoms with van der Waals surface area (Å²) in [5.74, 6) is -1.80. The van der Waals surface area contributed by atoms with Crippen LogP contribution in [0.15, 0.2) is 77.7 Å². The lowest BCUT2D eigenvalue weighted by atomic mass is 9.95. The Bertz CT molecular complexity index is 1490. The largest absolute Gasteiger partial charge is 0.494 e. The highest BCUT2D eigenvalue weighted by Gasteiger charge is 2.33. The molecule has 1 N–H and O–H groups in total. The van der Waals surface area contributed by atoms with Gasteiger partial charge in [0.1, 0.15) is 30.0 Å². The van der Waals surface area contributed by atoms with E-state index < -0.39 is 46.1 Å². The first kappa shape index (κ1) is 31.9. The van der Waals surface area contributed by atoms with Crippen LogP contribution in [-0.2, 0) is 26.2 Å². The molecule has 0 aromatic heterocycles. The SMILES string of the molecule is CCOc1ccc(S(=O)(=O)N(CC(=O)N(Cc2ccccc2F)C(C)C(=O)NC2CCCCC2)c2ccc(F)cc2)cc1. The van der Waals surface area contributed by atoms with E-state index in [-0.39, 0.29) is 28.7 Å². The maximum atomic E-state index is 14.7. The van der Waals surface area contributed by atoms with Crippen LogP contribution < -0.4 is 14.4 Å². The van der Waals surface area contributed by atoms with Gasteiger partial charge in [-0.2, -0.15) is 0 Å². The summed E-state index contributed by atoms with van der Waals surface area (Å²) in [5.41, 5.74) is 0.227. The van der Waals surface area contributed by atoms with Crippen LogP contribution in [0.2, 0.25) is 0 Å². The fraction of sp³-hybridized carbons (Fsp3) is 0.375. The van der Waals surface area contributed by atoms with Crippen LogP contribution in [0.25, 0.3) is 0 Å². The summed E-state index contributed by atoms with van der Waals surface area (Å²) >= 11 is 0. The molecule has 1 unspecified atom stereocenters. The van der Waals surface area contributed by atoms with Crippen LogP contribution in [0.4, 0.5) is 14.5 Å². The fourth-order valence-electron chi connectivity index (χ4n) is 5.10. The molecule has 1 fully saturated rings. The van der Waals surface area contributed by atoms with E-state index in [4.69, 9.17) is 4.74 Å². The predicted molar refractivity (Wildman–Crippen MR) is 160 cm³/mol. The molecule has 3 aromatic rings. The van der Waals surface area contributed by atoms with Gasteiger partial charge in [-0.05, 0) is 81.3 Å². The molecule has 0 saturated heterocycles. The van der Waals surface area contributed by atoms with Crippen LogP contribution in [0.1, 0.15) is 51.5 Å². The van der Waals surface area contributed by atoms with Gasteiger partial charge in [-0.25, -0.2) is 17.2 Å². The first-order valence-electron chi connectivity index (χ1n) is 14.4. The summed E-state index contributed by atoms with van der Waals surface area (Å²) in [6, 6.07) is 15.3. The van der Waals surface area contributed by atoms with Gasteiger partial charge in [-0.1, -0.05) is 37.5 Å². The van der Waals surface area contributed by atoms with E-state index in [1.54, 1.807) is 19.9 Å². The molecule has 1 aliphatic rings. The number of rotatable bonds is 12. The highest BCUT2D eigenvalue weighted by molar-refractivity contribution is 7.92. The molecule has 1 aliphatic carbocycles. The molecule has 3 aromatic carbocycles. The minimum Gasteiger partial charge on any atom is -0.494 e. The number of sulfonamides is 1. The molecular weight excluding hydrogens is 576 g/mol. The standard InChI is InChI=1S/C32H37F2N3O5S/c1-3-42-28-17-19-29(20-18-28)43(40,41)37(27-15-13-25(33)14-16-27)22-31(38)36(21-24-9-7-8-12-30(24)34)23(2)32(39)35-26-10-5-4-6-11-26/h7-9,12-20,23,26H,3-6,10-11,21-22H2,1-2H3,(H,35,39). The lowest BCUT2D eigenvalue weighted by Crippen LogP contribution is -2.53. The molecule has 8 nitrogen and oxygen atoms in total. The smallest absolute Gasteiger partial charge is 0.264 e. The Labute approximate surface area is 251 Å². The maximum Gasteiger partial charge on any atom is 0.264 e. The van der Waals surface area contributed by atoms with Crippen LogP contribution in [0.3, 0.4) is 0 Å². The van der Waals surface area contributed by atoms with E-state index in [0.29, 0.717) is 12.4 Å². The number of anilines is 1. The topological polar surface area (TPSA) is 96.0 Å². The Morgan fingerprint density at radius 3 is 2.23 bits per heavy atom.